The van der Waals surface area contributed by atoms with Crippen molar-refractivity contribution in [1.29, 1.82) is 0 Å². The fraction of sp³-hybridized carbons (Fsp3) is 0.250. The summed E-state index contributed by atoms with van der Waals surface area (Å²) in [7, 11) is 0. The zero-order valence-corrected chi connectivity index (χ0v) is 17.8. The molecule has 0 bridgehead atoms. The summed E-state index contributed by atoms with van der Waals surface area (Å²) in [5.41, 5.74) is 3.61. The van der Waals surface area contributed by atoms with Gasteiger partial charge in [-0.2, -0.15) is 0 Å². The van der Waals surface area contributed by atoms with Gasteiger partial charge in [-0.05, 0) is 48.7 Å². The summed E-state index contributed by atoms with van der Waals surface area (Å²) >= 11 is 0. The molecule has 0 saturated carbocycles. The van der Waals surface area contributed by atoms with E-state index < -0.39 is 6.10 Å². The van der Waals surface area contributed by atoms with Crippen molar-refractivity contribution in [3.8, 4) is 0 Å². The Bertz CT molecular complexity index is 889. The van der Waals surface area contributed by atoms with Crippen LogP contribution in [0, 0.1) is 0 Å². The molecular weight excluding hydrogens is 398 g/mol. The monoisotopic (exact) mass is 425 g/mol. The number of pyridine rings is 1. The van der Waals surface area contributed by atoms with Gasteiger partial charge in [-0.15, -0.1) is 12.4 Å². The van der Waals surface area contributed by atoms with E-state index in [2.05, 4.69) is 22.5 Å². The van der Waals surface area contributed by atoms with E-state index in [0.29, 0.717) is 6.54 Å². The van der Waals surface area contributed by atoms with Crippen LogP contribution in [-0.4, -0.2) is 28.6 Å². The van der Waals surface area contributed by atoms with Gasteiger partial charge in [0.2, 0.25) is 5.91 Å². The van der Waals surface area contributed by atoms with Crippen molar-refractivity contribution in [2.24, 2.45) is 0 Å². The van der Waals surface area contributed by atoms with Gasteiger partial charge in [-0.25, -0.2) is 0 Å². The van der Waals surface area contributed by atoms with Crippen molar-refractivity contribution < 1.29 is 9.90 Å². The maximum Gasteiger partial charge on any atom is 0.230 e. The third-order valence-corrected chi connectivity index (χ3v) is 4.69. The summed E-state index contributed by atoms with van der Waals surface area (Å²) in [6.45, 7) is 2.60. The van der Waals surface area contributed by atoms with Crippen LogP contribution >= 0.6 is 12.4 Å². The van der Waals surface area contributed by atoms with Crippen molar-refractivity contribution in [3.63, 3.8) is 0 Å². The Hall–Kier alpha value is -2.73. The number of carbonyl (C=O) groups excluding carboxylic acids is 1. The lowest BCUT2D eigenvalue weighted by Crippen LogP contribution is -2.32. The van der Waals surface area contributed by atoms with E-state index in [-0.39, 0.29) is 30.8 Å². The molecule has 0 unspecified atom stereocenters. The minimum atomic E-state index is -0.518. The molecule has 2 aromatic carbocycles. The highest BCUT2D eigenvalue weighted by Gasteiger charge is 2.10. The highest BCUT2D eigenvalue weighted by molar-refractivity contribution is 5.92. The molecule has 30 heavy (non-hydrogen) atoms. The van der Waals surface area contributed by atoms with Crippen molar-refractivity contribution in [3.05, 3.63) is 95.8 Å². The Morgan fingerprint density at radius 2 is 1.70 bits per heavy atom. The van der Waals surface area contributed by atoms with Crippen molar-refractivity contribution >= 4 is 24.0 Å². The van der Waals surface area contributed by atoms with Gasteiger partial charge in [-0.3, -0.25) is 9.78 Å². The van der Waals surface area contributed by atoms with E-state index in [4.69, 9.17) is 0 Å². The minimum Gasteiger partial charge on any atom is -0.387 e. The number of nitrogens with zero attached hydrogens (tertiary/aromatic N) is 1. The summed E-state index contributed by atoms with van der Waals surface area (Å²) in [4.78, 5) is 16.3. The summed E-state index contributed by atoms with van der Waals surface area (Å²) in [5, 5.41) is 16.5. The molecule has 3 rings (SSSR count). The number of hydrogen-bond donors (Lipinski definition) is 3. The van der Waals surface area contributed by atoms with E-state index in [1.54, 1.807) is 6.20 Å². The highest BCUT2D eigenvalue weighted by Crippen LogP contribution is 2.14. The second-order valence-corrected chi connectivity index (χ2v) is 7.18. The predicted octanol–water partition coefficient (Wildman–Crippen LogP) is 3.94. The van der Waals surface area contributed by atoms with Gasteiger partial charge in [0.25, 0.3) is 0 Å². The Labute approximate surface area is 184 Å². The Morgan fingerprint density at radius 1 is 1.00 bits per heavy atom. The molecule has 0 saturated heterocycles. The zero-order valence-electron chi connectivity index (χ0n) is 17.0. The lowest BCUT2D eigenvalue weighted by Gasteiger charge is -2.18. The first-order valence-corrected chi connectivity index (χ1v) is 9.85. The largest absolute Gasteiger partial charge is 0.387 e. The molecule has 0 aliphatic carbocycles. The van der Waals surface area contributed by atoms with Crippen LogP contribution in [-0.2, 0) is 17.6 Å². The highest BCUT2D eigenvalue weighted by atomic mass is 35.5. The van der Waals surface area contributed by atoms with Gasteiger partial charge in [0.15, 0.2) is 0 Å². The lowest BCUT2D eigenvalue weighted by molar-refractivity contribution is -0.115. The van der Waals surface area contributed by atoms with Crippen LogP contribution < -0.4 is 10.6 Å². The Morgan fingerprint density at radius 3 is 2.37 bits per heavy atom. The number of aromatic nitrogens is 1. The summed E-state index contributed by atoms with van der Waals surface area (Å²) in [5.74, 6) is -0.0821. The van der Waals surface area contributed by atoms with Crippen molar-refractivity contribution in [2.75, 3.05) is 11.9 Å². The number of halogens is 1. The Balaban J connectivity index is 0.00000320. The summed E-state index contributed by atoms with van der Waals surface area (Å²) in [6, 6.07) is 23.3. The van der Waals surface area contributed by atoms with E-state index in [9.17, 15) is 9.90 Å². The lowest BCUT2D eigenvalue weighted by atomic mass is 10.1. The second kappa shape index (κ2) is 12.1. The van der Waals surface area contributed by atoms with E-state index in [0.717, 1.165) is 23.4 Å². The number of aliphatic hydroxyl groups is 1. The van der Waals surface area contributed by atoms with Gasteiger partial charge in [0, 0.05) is 30.2 Å². The van der Waals surface area contributed by atoms with Crippen LogP contribution in [0.25, 0.3) is 0 Å². The molecule has 3 aromatic rings. The van der Waals surface area contributed by atoms with Crippen molar-refractivity contribution in [2.45, 2.75) is 31.9 Å². The maximum atomic E-state index is 12.1. The third kappa shape index (κ3) is 7.59. The first kappa shape index (κ1) is 23.5. The normalized spacial score (nSPS) is 12.5. The molecule has 0 fully saturated rings. The van der Waals surface area contributed by atoms with Gasteiger partial charge in [0.1, 0.15) is 0 Å². The number of amides is 1. The number of benzene rings is 2. The summed E-state index contributed by atoms with van der Waals surface area (Å²) in [6.07, 6.45) is 2.26. The van der Waals surface area contributed by atoms with Crippen LogP contribution in [0.5, 0.6) is 0 Å². The van der Waals surface area contributed by atoms with Crippen LogP contribution in [0.2, 0.25) is 0 Å². The molecule has 6 heteroatoms. The van der Waals surface area contributed by atoms with Gasteiger partial charge >= 0.3 is 0 Å². The molecule has 2 atom stereocenters. The van der Waals surface area contributed by atoms with Crippen molar-refractivity contribution in [1.82, 2.24) is 10.3 Å². The minimum absolute atomic E-state index is 0. The molecular formula is C24H28ClN3O2. The molecule has 0 radical (unpaired) electrons. The molecule has 1 aromatic heterocycles. The molecule has 158 valence electrons. The second-order valence-electron chi connectivity index (χ2n) is 7.18. The molecule has 1 heterocycles. The third-order valence-electron chi connectivity index (χ3n) is 4.69. The van der Waals surface area contributed by atoms with Gasteiger partial charge < -0.3 is 15.7 Å². The van der Waals surface area contributed by atoms with Gasteiger partial charge in [-0.1, -0.05) is 48.5 Å². The van der Waals surface area contributed by atoms with E-state index in [1.165, 1.54) is 5.56 Å². The zero-order chi connectivity index (χ0) is 20.5. The first-order chi connectivity index (χ1) is 14.1. The molecule has 1 amide bonds. The number of nitrogens with one attached hydrogen (secondary N) is 2. The van der Waals surface area contributed by atoms with Crippen LogP contribution in [0.1, 0.15) is 29.8 Å². The fourth-order valence-electron chi connectivity index (χ4n) is 3.13. The van der Waals surface area contributed by atoms with E-state index in [1.807, 2.05) is 72.8 Å². The number of hydrogen-bond acceptors (Lipinski definition) is 4. The van der Waals surface area contributed by atoms with Crippen LogP contribution in [0.3, 0.4) is 0 Å². The van der Waals surface area contributed by atoms with E-state index >= 15 is 0 Å². The number of aliphatic hydroxyl groups excluding tert-OH is 1. The van der Waals surface area contributed by atoms with Crippen LogP contribution in [0.15, 0.2) is 79.0 Å². The average Bonchev–Trinajstić information content (AvgIpc) is 2.75. The number of anilines is 1. The number of carbonyl (C=O) groups is 1. The molecule has 3 N–H and O–H groups in total. The quantitative estimate of drug-likeness (QED) is 0.485. The fourth-order valence-corrected chi connectivity index (χ4v) is 3.13. The number of rotatable bonds is 9. The SMILES string of the molecule is C[C@@H](Cc1ccc(NC(=O)Cc2ccccn2)cc1)NC[C@H](O)c1ccccc1.Cl. The van der Waals surface area contributed by atoms with Crippen LogP contribution in [0.4, 0.5) is 5.69 Å². The smallest absolute Gasteiger partial charge is 0.230 e. The first-order valence-electron chi connectivity index (χ1n) is 9.85. The molecule has 5 nitrogen and oxygen atoms in total. The van der Waals surface area contributed by atoms with Gasteiger partial charge in [0.05, 0.1) is 12.5 Å². The topological polar surface area (TPSA) is 74.2 Å². The predicted molar refractivity (Wildman–Crippen MR) is 123 cm³/mol. The average molecular weight is 426 g/mol. The molecule has 0 aliphatic heterocycles. The molecule has 0 aliphatic rings. The summed E-state index contributed by atoms with van der Waals surface area (Å²) < 4.78 is 0. The maximum absolute atomic E-state index is 12.1. The Kier molecular flexibility index (Phi) is 9.48. The standard InChI is InChI=1S/C24H27N3O2.ClH/c1-18(26-17-23(28)20-7-3-2-4-8-20)15-19-10-12-21(13-11-19)27-24(29)16-22-9-5-6-14-25-22;/h2-14,18,23,26,28H,15-17H2,1H3,(H,27,29);1H/t18-,23-;/m0./s1. The molecule has 0 spiro atoms.